The SMILES string of the molecule is COc1cc(C2NC(=O)NC(C)=C2C(=O)OC(C)C)cc([N+](=O)[O-])c1OCc1ccc(C)cc1. The Labute approximate surface area is 197 Å². The van der Waals surface area contributed by atoms with E-state index >= 15 is 0 Å². The maximum absolute atomic E-state index is 12.8. The second-order valence-corrected chi connectivity index (χ2v) is 8.13. The van der Waals surface area contributed by atoms with E-state index in [1.54, 1.807) is 20.8 Å². The predicted octanol–water partition coefficient (Wildman–Crippen LogP) is 4.07. The number of urea groups is 1. The molecular formula is C24H27N3O7. The summed E-state index contributed by atoms with van der Waals surface area (Å²) in [6.07, 6.45) is -0.396. The summed E-state index contributed by atoms with van der Waals surface area (Å²) >= 11 is 0. The van der Waals surface area contributed by atoms with E-state index in [1.807, 2.05) is 31.2 Å². The fourth-order valence-electron chi connectivity index (χ4n) is 3.54. The van der Waals surface area contributed by atoms with Crippen LogP contribution in [0.3, 0.4) is 0 Å². The zero-order chi connectivity index (χ0) is 25.0. The highest BCUT2D eigenvalue weighted by atomic mass is 16.6. The number of amides is 2. The van der Waals surface area contributed by atoms with Gasteiger partial charge in [0.15, 0.2) is 5.75 Å². The minimum absolute atomic E-state index is 0.0518. The van der Waals surface area contributed by atoms with Crippen LogP contribution in [0.4, 0.5) is 10.5 Å². The molecule has 0 radical (unpaired) electrons. The number of hydrogen-bond acceptors (Lipinski definition) is 7. The molecule has 0 fully saturated rings. The van der Waals surface area contributed by atoms with Crippen LogP contribution in [-0.2, 0) is 16.1 Å². The van der Waals surface area contributed by atoms with E-state index in [4.69, 9.17) is 14.2 Å². The van der Waals surface area contributed by atoms with E-state index in [-0.39, 0.29) is 34.9 Å². The van der Waals surface area contributed by atoms with E-state index in [0.717, 1.165) is 11.1 Å². The molecule has 1 aliphatic rings. The summed E-state index contributed by atoms with van der Waals surface area (Å²) in [5.74, 6) is -0.603. The lowest BCUT2D eigenvalue weighted by Crippen LogP contribution is -2.45. The van der Waals surface area contributed by atoms with Gasteiger partial charge < -0.3 is 24.8 Å². The molecule has 2 N–H and O–H groups in total. The van der Waals surface area contributed by atoms with Crippen molar-refractivity contribution in [2.45, 2.75) is 46.4 Å². The molecule has 0 saturated carbocycles. The minimum atomic E-state index is -0.987. The van der Waals surface area contributed by atoms with Crippen molar-refractivity contribution in [1.82, 2.24) is 10.6 Å². The summed E-state index contributed by atoms with van der Waals surface area (Å²) in [4.78, 5) is 36.3. The van der Waals surface area contributed by atoms with Gasteiger partial charge in [-0.1, -0.05) is 29.8 Å². The Kier molecular flexibility index (Phi) is 7.40. The number of ether oxygens (including phenoxy) is 3. The van der Waals surface area contributed by atoms with Crippen LogP contribution in [0.15, 0.2) is 47.7 Å². The van der Waals surface area contributed by atoms with Crippen molar-refractivity contribution in [1.29, 1.82) is 0 Å². The van der Waals surface area contributed by atoms with Crippen molar-refractivity contribution in [3.63, 3.8) is 0 Å². The van der Waals surface area contributed by atoms with Crippen LogP contribution in [0, 0.1) is 17.0 Å². The van der Waals surface area contributed by atoms with E-state index in [2.05, 4.69) is 10.6 Å². The number of hydrogen-bond donors (Lipinski definition) is 2. The molecule has 10 heteroatoms. The van der Waals surface area contributed by atoms with Crippen molar-refractivity contribution in [2.75, 3.05) is 7.11 Å². The largest absolute Gasteiger partial charge is 0.493 e. The summed E-state index contributed by atoms with van der Waals surface area (Å²) in [5, 5.41) is 17.1. The first-order valence-electron chi connectivity index (χ1n) is 10.6. The Balaban J connectivity index is 2.04. The third-order valence-electron chi connectivity index (χ3n) is 5.14. The van der Waals surface area contributed by atoms with Gasteiger partial charge >= 0.3 is 17.7 Å². The summed E-state index contributed by atoms with van der Waals surface area (Å²) in [6, 6.07) is 8.80. The number of allylic oxidation sites excluding steroid dienone is 1. The molecule has 2 aromatic carbocycles. The number of rotatable bonds is 8. The van der Waals surface area contributed by atoms with Gasteiger partial charge in [0.25, 0.3) is 0 Å². The number of aryl methyl sites for hydroxylation is 1. The Morgan fingerprint density at radius 2 is 1.85 bits per heavy atom. The van der Waals surface area contributed by atoms with Crippen molar-refractivity contribution in [2.24, 2.45) is 0 Å². The number of methoxy groups -OCH3 is 1. The zero-order valence-corrected chi connectivity index (χ0v) is 19.6. The molecule has 180 valence electrons. The number of carbonyl (C=O) groups excluding carboxylic acids is 2. The first-order valence-corrected chi connectivity index (χ1v) is 10.6. The van der Waals surface area contributed by atoms with Crippen molar-refractivity contribution in [3.05, 3.63) is 74.5 Å². The van der Waals surface area contributed by atoms with Crippen LogP contribution in [-0.4, -0.2) is 30.1 Å². The third kappa shape index (κ3) is 5.45. The van der Waals surface area contributed by atoms with Gasteiger partial charge in [0.1, 0.15) is 6.61 Å². The third-order valence-corrected chi connectivity index (χ3v) is 5.14. The molecule has 2 amide bonds. The van der Waals surface area contributed by atoms with Crippen LogP contribution in [0.2, 0.25) is 0 Å². The fraction of sp³-hybridized carbons (Fsp3) is 0.333. The highest BCUT2D eigenvalue weighted by Crippen LogP contribution is 2.42. The molecular weight excluding hydrogens is 442 g/mol. The summed E-state index contributed by atoms with van der Waals surface area (Å²) in [5.41, 5.74) is 2.25. The summed E-state index contributed by atoms with van der Waals surface area (Å²) < 4.78 is 16.5. The van der Waals surface area contributed by atoms with E-state index in [9.17, 15) is 19.7 Å². The van der Waals surface area contributed by atoms with Crippen LogP contribution in [0.5, 0.6) is 11.5 Å². The molecule has 3 rings (SSSR count). The van der Waals surface area contributed by atoms with Gasteiger partial charge in [-0.25, -0.2) is 9.59 Å². The molecule has 0 spiro atoms. The molecule has 0 saturated heterocycles. The second-order valence-electron chi connectivity index (χ2n) is 8.13. The number of nitro benzene ring substituents is 1. The van der Waals surface area contributed by atoms with Gasteiger partial charge in [0.05, 0.1) is 29.8 Å². The predicted molar refractivity (Wildman–Crippen MR) is 123 cm³/mol. The van der Waals surface area contributed by atoms with Gasteiger partial charge in [-0.3, -0.25) is 10.1 Å². The Morgan fingerprint density at radius 3 is 2.44 bits per heavy atom. The maximum Gasteiger partial charge on any atom is 0.338 e. The normalized spacial score (nSPS) is 15.5. The van der Waals surface area contributed by atoms with Gasteiger partial charge in [-0.15, -0.1) is 0 Å². The van der Waals surface area contributed by atoms with E-state index in [1.165, 1.54) is 19.2 Å². The van der Waals surface area contributed by atoms with Crippen LogP contribution >= 0.6 is 0 Å². The first-order chi connectivity index (χ1) is 16.1. The topological polar surface area (TPSA) is 129 Å². The molecule has 34 heavy (non-hydrogen) atoms. The molecule has 1 unspecified atom stereocenters. The lowest BCUT2D eigenvalue weighted by atomic mass is 9.94. The van der Waals surface area contributed by atoms with Crippen LogP contribution in [0.1, 0.15) is 43.5 Å². The number of esters is 1. The monoisotopic (exact) mass is 469 g/mol. The average molecular weight is 469 g/mol. The summed E-state index contributed by atoms with van der Waals surface area (Å²) in [6.45, 7) is 7.01. The number of benzene rings is 2. The molecule has 10 nitrogen and oxygen atoms in total. The smallest absolute Gasteiger partial charge is 0.338 e. The lowest BCUT2D eigenvalue weighted by molar-refractivity contribution is -0.386. The van der Waals surface area contributed by atoms with Gasteiger partial charge in [0.2, 0.25) is 5.75 Å². The molecule has 0 aromatic heterocycles. The Hall–Kier alpha value is -4.08. The summed E-state index contributed by atoms with van der Waals surface area (Å²) in [7, 11) is 1.36. The molecule has 1 heterocycles. The lowest BCUT2D eigenvalue weighted by Gasteiger charge is -2.29. The van der Waals surface area contributed by atoms with E-state index in [0.29, 0.717) is 5.70 Å². The molecule has 2 aromatic rings. The van der Waals surface area contributed by atoms with Gasteiger partial charge in [-0.05, 0) is 44.9 Å². The van der Waals surface area contributed by atoms with Crippen LogP contribution < -0.4 is 20.1 Å². The average Bonchev–Trinajstić information content (AvgIpc) is 2.76. The molecule has 0 bridgehead atoms. The quantitative estimate of drug-likeness (QED) is 0.339. The zero-order valence-electron chi connectivity index (χ0n) is 19.6. The van der Waals surface area contributed by atoms with Gasteiger partial charge in [-0.2, -0.15) is 0 Å². The molecule has 1 atom stereocenters. The molecule has 1 aliphatic heterocycles. The van der Waals surface area contributed by atoms with Crippen molar-refractivity contribution >= 4 is 17.7 Å². The maximum atomic E-state index is 12.8. The van der Waals surface area contributed by atoms with E-state index < -0.39 is 29.1 Å². The molecule has 0 aliphatic carbocycles. The first kappa shape index (κ1) is 24.6. The minimum Gasteiger partial charge on any atom is -0.493 e. The number of nitro groups is 1. The van der Waals surface area contributed by atoms with Crippen LogP contribution in [0.25, 0.3) is 0 Å². The second kappa shape index (κ2) is 10.2. The van der Waals surface area contributed by atoms with Crippen molar-refractivity contribution in [3.8, 4) is 11.5 Å². The van der Waals surface area contributed by atoms with Gasteiger partial charge in [0, 0.05) is 11.8 Å². The number of nitrogens with zero attached hydrogens (tertiary/aromatic N) is 1. The number of nitrogens with one attached hydrogen (secondary N) is 2. The number of carbonyl (C=O) groups is 2. The van der Waals surface area contributed by atoms with Crippen molar-refractivity contribution < 1.29 is 28.7 Å². The standard InChI is InChI=1S/C24H27N3O7/c1-13(2)34-23(28)20-15(4)25-24(29)26-21(20)17-10-18(27(30)31)22(19(11-17)32-5)33-12-16-8-6-14(3)7-9-16/h6-11,13,21H,12H2,1-5H3,(H2,25,26,29). The fourth-order valence-corrected chi connectivity index (χ4v) is 3.54. The highest BCUT2D eigenvalue weighted by Gasteiger charge is 2.35. The highest BCUT2D eigenvalue weighted by molar-refractivity contribution is 5.95. The Bertz CT molecular complexity index is 1140. The Morgan fingerprint density at radius 1 is 1.18 bits per heavy atom.